The van der Waals surface area contributed by atoms with E-state index in [-0.39, 0.29) is 10.6 Å². The average Bonchev–Trinajstić information content (AvgIpc) is 2.13. The summed E-state index contributed by atoms with van der Waals surface area (Å²) in [4.78, 5) is 13.2. The molecule has 2 nitrogen and oxygen atoms in total. The molecule has 74 valence electrons. The van der Waals surface area contributed by atoms with Crippen LogP contribution in [0.15, 0.2) is 17.1 Å². The molecular weight excluding hydrogens is 212 g/mol. The smallest absolute Gasteiger partial charge is 0.211 e. The van der Waals surface area contributed by atoms with Crippen molar-refractivity contribution in [1.29, 1.82) is 0 Å². The molecule has 1 aromatic carbocycles. The molecule has 0 aliphatic carbocycles. The van der Waals surface area contributed by atoms with Crippen LogP contribution in [0.2, 0.25) is 5.02 Å². The van der Waals surface area contributed by atoms with E-state index in [1.807, 2.05) is 0 Å². The van der Waals surface area contributed by atoms with Gasteiger partial charge >= 0.3 is 0 Å². The summed E-state index contributed by atoms with van der Waals surface area (Å²) in [6, 6.07) is 1.02. The summed E-state index contributed by atoms with van der Waals surface area (Å²) in [5.74, 6) is -1.43. The maximum Gasteiger partial charge on any atom is 0.235 e. The van der Waals surface area contributed by atoms with Gasteiger partial charge in [0.05, 0.1) is 11.1 Å². The lowest BCUT2D eigenvalue weighted by Crippen LogP contribution is -1.97. The molecule has 0 bridgehead atoms. The molecule has 0 radical (unpaired) electrons. The molecule has 0 saturated carbocycles. The topological polar surface area (TPSA) is 29.4 Å². The van der Waals surface area contributed by atoms with Gasteiger partial charge in [-0.05, 0) is 19.1 Å². The number of nitrogens with zero attached hydrogens (tertiary/aromatic N) is 1. The number of halogens is 3. The minimum absolute atomic E-state index is 0.130. The quantitative estimate of drug-likeness (QED) is 0.425. The fourth-order valence-electron chi connectivity index (χ4n) is 1.07. The van der Waals surface area contributed by atoms with Crippen LogP contribution in [-0.2, 0) is 4.79 Å². The minimum Gasteiger partial charge on any atom is -0.211 e. The molecule has 0 spiro atoms. The first-order valence-electron chi connectivity index (χ1n) is 3.78. The van der Waals surface area contributed by atoms with E-state index in [2.05, 4.69) is 4.99 Å². The van der Waals surface area contributed by atoms with E-state index in [1.165, 1.54) is 13.0 Å². The Morgan fingerprint density at radius 1 is 1.43 bits per heavy atom. The zero-order valence-corrected chi connectivity index (χ0v) is 7.98. The van der Waals surface area contributed by atoms with Gasteiger partial charge in [0.1, 0.15) is 11.6 Å². The third kappa shape index (κ3) is 1.97. The van der Waals surface area contributed by atoms with Gasteiger partial charge in [0.15, 0.2) is 0 Å². The third-order valence-corrected chi connectivity index (χ3v) is 2.13. The molecule has 0 heterocycles. The first kappa shape index (κ1) is 10.8. The molecule has 0 saturated heterocycles. The highest BCUT2D eigenvalue weighted by atomic mass is 35.5. The van der Waals surface area contributed by atoms with Gasteiger partial charge in [0.25, 0.3) is 0 Å². The summed E-state index contributed by atoms with van der Waals surface area (Å²) in [7, 11) is 0. The van der Waals surface area contributed by atoms with E-state index in [0.29, 0.717) is 0 Å². The van der Waals surface area contributed by atoms with Gasteiger partial charge in [-0.1, -0.05) is 11.6 Å². The largest absolute Gasteiger partial charge is 0.235 e. The van der Waals surface area contributed by atoms with Crippen molar-refractivity contribution in [3.63, 3.8) is 0 Å². The summed E-state index contributed by atoms with van der Waals surface area (Å²) in [5, 5.41) is -0.350. The molecule has 1 aromatic rings. The summed E-state index contributed by atoms with van der Waals surface area (Å²) in [6.07, 6.45) is 1.27. The lowest BCUT2D eigenvalue weighted by atomic mass is 10.1. The average molecular weight is 218 g/mol. The number of carbonyl (C=O) groups excluding carboxylic acids is 1. The monoisotopic (exact) mass is 217 g/mol. The van der Waals surface area contributed by atoms with Gasteiger partial charge in [0, 0.05) is 5.56 Å². The van der Waals surface area contributed by atoms with Crippen LogP contribution >= 0.6 is 11.6 Å². The van der Waals surface area contributed by atoms with E-state index < -0.39 is 17.7 Å². The highest BCUT2D eigenvalue weighted by Crippen LogP contribution is 2.29. The summed E-state index contributed by atoms with van der Waals surface area (Å²) in [5.41, 5.74) is -0.130. The van der Waals surface area contributed by atoms with Crippen molar-refractivity contribution in [3.05, 3.63) is 34.4 Å². The summed E-state index contributed by atoms with van der Waals surface area (Å²) >= 11 is 5.52. The molecule has 0 aliphatic rings. The van der Waals surface area contributed by atoms with E-state index in [9.17, 15) is 13.6 Å². The van der Waals surface area contributed by atoms with Crippen molar-refractivity contribution < 1.29 is 13.6 Å². The second kappa shape index (κ2) is 4.31. The highest BCUT2D eigenvalue weighted by Gasteiger charge is 2.17. The Hall–Kier alpha value is -1.25. The predicted octanol–water partition coefficient (Wildman–Crippen LogP) is 3.02. The Labute approximate surface area is 84.2 Å². The van der Waals surface area contributed by atoms with Crippen LogP contribution in [0.4, 0.5) is 8.78 Å². The van der Waals surface area contributed by atoms with Crippen LogP contribution in [-0.4, -0.2) is 6.08 Å². The Bertz CT molecular complexity index is 402. The van der Waals surface area contributed by atoms with Gasteiger partial charge in [-0.2, -0.15) is 4.99 Å². The number of hydrogen-bond donors (Lipinski definition) is 0. The number of benzene rings is 1. The summed E-state index contributed by atoms with van der Waals surface area (Å²) < 4.78 is 26.1. The predicted molar refractivity (Wildman–Crippen MR) is 47.9 cm³/mol. The highest BCUT2D eigenvalue weighted by molar-refractivity contribution is 6.31. The zero-order valence-electron chi connectivity index (χ0n) is 7.22. The van der Waals surface area contributed by atoms with Crippen LogP contribution < -0.4 is 0 Å². The molecule has 1 rings (SSSR count). The number of aliphatic imine (C=N–C) groups is 1. The molecule has 0 aliphatic heterocycles. The molecule has 5 heteroatoms. The van der Waals surface area contributed by atoms with Crippen LogP contribution in [0.3, 0.4) is 0 Å². The molecule has 14 heavy (non-hydrogen) atoms. The molecule has 0 fully saturated rings. The second-order valence-electron chi connectivity index (χ2n) is 2.65. The zero-order chi connectivity index (χ0) is 10.7. The first-order valence-corrected chi connectivity index (χ1v) is 4.16. The molecule has 0 amide bonds. The molecular formula is C9H6ClF2NO. The Morgan fingerprint density at radius 2 is 2.00 bits per heavy atom. The van der Waals surface area contributed by atoms with Crippen LogP contribution in [0.25, 0.3) is 0 Å². The van der Waals surface area contributed by atoms with Crippen molar-refractivity contribution in [2.75, 3.05) is 0 Å². The van der Waals surface area contributed by atoms with E-state index in [4.69, 9.17) is 11.6 Å². The standard InChI is InChI=1S/C9H6ClF2NO/c1-5(13-4-14)8-6(11)2-3-7(12)9(8)10/h2-3,5H,1H3. The van der Waals surface area contributed by atoms with Gasteiger partial charge in [-0.15, -0.1) is 0 Å². The SMILES string of the molecule is CC(N=C=O)c1c(F)ccc(F)c1Cl. The number of hydrogen-bond acceptors (Lipinski definition) is 2. The van der Waals surface area contributed by atoms with Crippen LogP contribution in [0.1, 0.15) is 18.5 Å². The summed E-state index contributed by atoms with van der Waals surface area (Å²) in [6.45, 7) is 1.43. The van der Waals surface area contributed by atoms with Crippen LogP contribution in [0.5, 0.6) is 0 Å². The van der Waals surface area contributed by atoms with Crippen molar-refractivity contribution in [1.82, 2.24) is 0 Å². The molecule has 0 N–H and O–H groups in total. The molecule has 1 atom stereocenters. The lowest BCUT2D eigenvalue weighted by Gasteiger charge is -2.08. The molecule has 0 aromatic heterocycles. The van der Waals surface area contributed by atoms with Gasteiger partial charge in [-0.3, -0.25) is 0 Å². The normalized spacial score (nSPS) is 12.0. The van der Waals surface area contributed by atoms with Crippen molar-refractivity contribution >= 4 is 17.7 Å². The Balaban J connectivity index is 3.31. The Kier molecular flexibility index (Phi) is 3.33. The minimum atomic E-state index is -0.837. The Morgan fingerprint density at radius 3 is 2.57 bits per heavy atom. The van der Waals surface area contributed by atoms with Crippen molar-refractivity contribution in [3.8, 4) is 0 Å². The van der Waals surface area contributed by atoms with Gasteiger partial charge < -0.3 is 0 Å². The van der Waals surface area contributed by atoms with E-state index in [0.717, 1.165) is 12.1 Å². The van der Waals surface area contributed by atoms with Crippen LogP contribution in [0, 0.1) is 11.6 Å². The number of isocyanates is 1. The maximum absolute atomic E-state index is 13.2. The second-order valence-corrected chi connectivity index (χ2v) is 3.03. The first-order chi connectivity index (χ1) is 6.57. The lowest BCUT2D eigenvalue weighted by molar-refractivity contribution is 0.552. The fourth-order valence-corrected chi connectivity index (χ4v) is 1.38. The van der Waals surface area contributed by atoms with E-state index >= 15 is 0 Å². The van der Waals surface area contributed by atoms with Crippen molar-refractivity contribution in [2.45, 2.75) is 13.0 Å². The fraction of sp³-hybridized carbons (Fsp3) is 0.222. The van der Waals surface area contributed by atoms with Gasteiger partial charge in [-0.25, -0.2) is 13.6 Å². The number of rotatable bonds is 2. The van der Waals surface area contributed by atoms with Gasteiger partial charge in [0.2, 0.25) is 6.08 Å². The van der Waals surface area contributed by atoms with Crippen molar-refractivity contribution in [2.24, 2.45) is 4.99 Å². The molecule has 1 unspecified atom stereocenters. The van der Waals surface area contributed by atoms with E-state index in [1.54, 1.807) is 0 Å². The third-order valence-electron chi connectivity index (χ3n) is 1.74. The maximum atomic E-state index is 13.2.